The second-order valence-electron chi connectivity index (χ2n) is 12.0. The Labute approximate surface area is 249 Å². The van der Waals surface area contributed by atoms with Gasteiger partial charge in [0.05, 0.1) is 17.2 Å². The molecular weight excluding hydrogens is 547 g/mol. The van der Waals surface area contributed by atoms with Crippen molar-refractivity contribution in [3.05, 3.63) is 125 Å². The summed E-state index contributed by atoms with van der Waals surface area (Å²) in [6.45, 7) is 9.52. The molecule has 0 aliphatic carbocycles. The fourth-order valence-corrected chi connectivity index (χ4v) is 6.36. The summed E-state index contributed by atoms with van der Waals surface area (Å²) in [5.41, 5.74) is 5.95. The van der Waals surface area contributed by atoms with Gasteiger partial charge < -0.3 is 4.74 Å². The van der Waals surface area contributed by atoms with E-state index in [4.69, 9.17) is 4.74 Å². The predicted octanol–water partition coefficient (Wildman–Crippen LogP) is 7.49. The molecule has 0 bridgehead atoms. The van der Waals surface area contributed by atoms with Gasteiger partial charge in [0.1, 0.15) is 5.75 Å². The van der Waals surface area contributed by atoms with Crippen LogP contribution in [0.3, 0.4) is 0 Å². The maximum atomic E-state index is 14.8. The van der Waals surface area contributed by atoms with Crippen molar-refractivity contribution in [3.63, 3.8) is 0 Å². The Hall–Kier alpha value is -3.68. The largest absolute Gasteiger partial charge is 0.493 e. The summed E-state index contributed by atoms with van der Waals surface area (Å²) in [5.74, 6) is -0.310. The van der Waals surface area contributed by atoms with Crippen molar-refractivity contribution in [1.29, 1.82) is 0 Å². The van der Waals surface area contributed by atoms with Gasteiger partial charge in [-0.05, 0) is 76.8 Å². The van der Waals surface area contributed by atoms with E-state index in [-0.39, 0.29) is 16.0 Å². The highest BCUT2D eigenvalue weighted by molar-refractivity contribution is 7.92. The zero-order valence-electron chi connectivity index (χ0n) is 24.6. The average Bonchev–Trinajstić information content (AvgIpc) is 2.97. The van der Waals surface area contributed by atoms with Gasteiger partial charge in [-0.1, -0.05) is 81.4 Å². The first kappa shape index (κ1) is 29.8. The fraction of sp³-hybridized carbons (Fsp3) is 0.314. The Balaban J connectivity index is 1.17. The van der Waals surface area contributed by atoms with E-state index in [2.05, 4.69) is 66.8 Å². The number of hydrogen-bond acceptors (Lipinski definition) is 4. The lowest BCUT2D eigenvalue weighted by atomic mass is 9.86. The second kappa shape index (κ2) is 12.7. The third kappa shape index (κ3) is 7.58. The average molecular weight is 587 g/mol. The number of hydrogen-bond donors (Lipinski definition) is 1. The minimum absolute atomic E-state index is 0.104. The molecule has 0 saturated carbocycles. The molecule has 4 aromatic carbocycles. The molecule has 0 amide bonds. The van der Waals surface area contributed by atoms with Gasteiger partial charge in [0.15, 0.2) is 5.82 Å². The summed E-state index contributed by atoms with van der Waals surface area (Å²) in [4.78, 5) is 2.51. The molecule has 1 heterocycles. The first-order valence-corrected chi connectivity index (χ1v) is 16.0. The third-order valence-electron chi connectivity index (χ3n) is 7.71. The summed E-state index contributed by atoms with van der Waals surface area (Å²) < 4.78 is 49.2. The normalized spacial score (nSPS) is 13.9. The van der Waals surface area contributed by atoms with Gasteiger partial charge in [0.2, 0.25) is 0 Å². The van der Waals surface area contributed by atoms with E-state index in [1.165, 1.54) is 28.8 Å². The summed E-state index contributed by atoms with van der Waals surface area (Å²) >= 11 is 0. The summed E-state index contributed by atoms with van der Waals surface area (Å²) in [6.07, 6.45) is 2.41. The second-order valence-corrected chi connectivity index (χ2v) is 13.7. The number of benzene rings is 4. The quantitative estimate of drug-likeness (QED) is 0.196. The van der Waals surface area contributed by atoms with Crippen LogP contribution in [0.2, 0.25) is 0 Å². The molecule has 4 aromatic rings. The Morgan fingerprint density at radius 2 is 1.64 bits per heavy atom. The molecular formula is C35H39FN2O3S. The smallest absolute Gasteiger partial charge is 0.261 e. The van der Waals surface area contributed by atoms with Crippen LogP contribution in [0.4, 0.5) is 10.1 Å². The number of fused-ring (bicyclic) bond motifs is 1. The third-order valence-corrected chi connectivity index (χ3v) is 9.07. The molecule has 0 saturated heterocycles. The highest BCUT2D eigenvalue weighted by Crippen LogP contribution is 2.28. The van der Waals surface area contributed by atoms with Crippen molar-refractivity contribution >= 4 is 15.7 Å². The Morgan fingerprint density at radius 1 is 0.881 bits per heavy atom. The van der Waals surface area contributed by atoms with Gasteiger partial charge >= 0.3 is 0 Å². The molecule has 220 valence electrons. The molecule has 7 heteroatoms. The van der Waals surface area contributed by atoms with Crippen molar-refractivity contribution in [2.24, 2.45) is 0 Å². The van der Waals surface area contributed by atoms with E-state index in [0.717, 1.165) is 50.0 Å². The van der Waals surface area contributed by atoms with Crippen molar-refractivity contribution in [1.82, 2.24) is 4.90 Å². The molecule has 0 radical (unpaired) electrons. The van der Waals surface area contributed by atoms with Crippen molar-refractivity contribution in [2.45, 2.75) is 63.4 Å². The van der Waals surface area contributed by atoms with Crippen LogP contribution >= 0.6 is 0 Å². The van der Waals surface area contributed by atoms with Gasteiger partial charge in [-0.3, -0.25) is 9.62 Å². The molecule has 1 aliphatic heterocycles. The van der Waals surface area contributed by atoms with Crippen molar-refractivity contribution in [3.8, 4) is 5.75 Å². The van der Waals surface area contributed by atoms with Gasteiger partial charge in [-0.15, -0.1) is 0 Å². The molecule has 0 fully saturated rings. The number of ether oxygens (including phenoxy) is 1. The standard InChI is InChI=1S/C35H39FN2O3S/c1-35(2,3)30-14-11-27(12-15-30)24-38-20-19-28-22-32(17-13-29(28)25-38)42(39,40)37-34-18-16-31(23-33(34)36)41-21-7-10-26-8-5-4-6-9-26/h4-6,8-9,11-18,22-23,37H,7,10,19-21,24-25H2,1-3H3. The van der Waals surface area contributed by atoms with Crippen LogP contribution in [0.15, 0.2) is 95.9 Å². The molecule has 5 nitrogen and oxygen atoms in total. The highest BCUT2D eigenvalue weighted by Gasteiger charge is 2.22. The highest BCUT2D eigenvalue weighted by atomic mass is 32.2. The van der Waals surface area contributed by atoms with Crippen LogP contribution in [0.5, 0.6) is 5.75 Å². The zero-order chi connectivity index (χ0) is 29.7. The first-order valence-electron chi connectivity index (χ1n) is 14.5. The zero-order valence-corrected chi connectivity index (χ0v) is 25.4. The number of rotatable bonds is 10. The van der Waals surface area contributed by atoms with Crippen LogP contribution in [0.25, 0.3) is 0 Å². The van der Waals surface area contributed by atoms with Gasteiger partial charge in [0.25, 0.3) is 10.0 Å². The van der Waals surface area contributed by atoms with Crippen molar-refractivity contribution < 1.29 is 17.5 Å². The minimum Gasteiger partial charge on any atom is -0.493 e. The Kier molecular flexibility index (Phi) is 8.99. The number of sulfonamides is 1. The molecule has 0 unspecified atom stereocenters. The van der Waals surface area contributed by atoms with E-state index in [0.29, 0.717) is 12.4 Å². The van der Waals surface area contributed by atoms with Crippen LogP contribution < -0.4 is 9.46 Å². The van der Waals surface area contributed by atoms with Gasteiger partial charge in [0, 0.05) is 25.7 Å². The van der Waals surface area contributed by atoms with Crippen LogP contribution in [0, 0.1) is 5.82 Å². The van der Waals surface area contributed by atoms with Crippen LogP contribution in [-0.2, 0) is 41.4 Å². The van der Waals surface area contributed by atoms with Crippen molar-refractivity contribution in [2.75, 3.05) is 17.9 Å². The molecule has 0 spiro atoms. The summed E-state index contributed by atoms with van der Waals surface area (Å²) in [6, 6.07) is 28.3. The maximum absolute atomic E-state index is 14.8. The maximum Gasteiger partial charge on any atom is 0.261 e. The Morgan fingerprint density at radius 3 is 2.36 bits per heavy atom. The van der Waals surface area contributed by atoms with E-state index in [1.54, 1.807) is 18.2 Å². The lowest BCUT2D eigenvalue weighted by Crippen LogP contribution is -2.30. The number of anilines is 1. The summed E-state index contributed by atoms with van der Waals surface area (Å²) in [7, 11) is -3.96. The van der Waals surface area contributed by atoms with Gasteiger partial charge in [-0.25, -0.2) is 12.8 Å². The lowest BCUT2D eigenvalue weighted by Gasteiger charge is -2.29. The minimum atomic E-state index is -3.96. The predicted molar refractivity (Wildman–Crippen MR) is 167 cm³/mol. The number of halogens is 1. The topological polar surface area (TPSA) is 58.6 Å². The number of aryl methyl sites for hydroxylation is 1. The number of nitrogens with zero attached hydrogens (tertiary/aromatic N) is 1. The van der Waals surface area contributed by atoms with Gasteiger partial charge in [-0.2, -0.15) is 0 Å². The van der Waals surface area contributed by atoms with Crippen LogP contribution in [0.1, 0.15) is 55.0 Å². The summed E-state index contributed by atoms with van der Waals surface area (Å²) in [5, 5.41) is 0. The molecule has 0 atom stereocenters. The first-order chi connectivity index (χ1) is 20.1. The SMILES string of the molecule is CC(C)(C)c1ccc(CN2CCc3cc(S(=O)(=O)Nc4ccc(OCCCc5ccccc5)cc4F)ccc3C2)cc1. The Bertz CT molecular complexity index is 1610. The number of nitrogens with one attached hydrogen (secondary N) is 1. The van der Waals surface area contributed by atoms with E-state index in [1.807, 2.05) is 24.3 Å². The molecule has 42 heavy (non-hydrogen) atoms. The van der Waals surface area contributed by atoms with E-state index in [9.17, 15) is 12.8 Å². The fourth-order valence-electron chi connectivity index (χ4n) is 5.24. The molecule has 0 aromatic heterocycles. The monoisotopic (exact) mass is 586 g/mol. The van der Waals surface area contributed by atoms with E-state index >= 15 is 0 Å². The lowest BCUT2D eigenvalue weighted by molar-refractivity contribution is 0.245. The van der Waals surface area contributed by atoms with E-state index < -0.39 is 15.8 Å². The molecule has 5 rings (SSSR count). The molecule has 1 aliphatic rings. The van der Waals surface area contributed by atoms with Crippen LogP contribution in [-0.4, -0.2) is 26.5 Å². The molecule has 1 N–H and O–H groups in total.